The molecule has 7 nitrogen and oxygen atoms in total. The number of carbonyl (C=O) groups is 1. The standard InChI is InChI=1S/C21H21ClF3NO6/c1-3-5-14-18(7-6-13(12(2)27)20(14)28)31-8-4-9-32-19-11-17(26(29)30)15(10-16(19)22)21(23,24)25/h6-7,10-11,28H,3-5,8-9H2,1-2H3. The van der Waals surface area contributed by atoms with Crippen molar-refractivity contribution < 1.29 is 37.5 Å². The van der Waals surface area contributed by atoms with E-state index in [1.54, 1.807) is 6.07 Å². The molecular formula is C21H21ClF3NO6. The number of alkyl halides is 3. The third kappa shape index (κ3) is 6.03. The number of hydrogen-bond acceptors (Lipinski definition) is 6. The van der Waals surface area contributed by atoms with Crippen LogP contribution in [-0.2, 0) is 12.6 Å². The van der Waals surface area contributed by atoms with Gasteiger partial charge in [-0.3, -0.25) is 14.9 Å². The SMILES string of the molecule is CCCc1c(OCCCOc2cc([N+](=O)[O-])c(C(F)(F)F)cc2Cl)ccc(C(C)=O)c1O. The van der Waals surface area contributed by atoms with E-state index in [1.807, 2.05) is 6.92 Å². The fourth-order valence-corrected chi connectivity index (χ4v) is 3.20. The van der Waals surface area contributed by atoms with E-state index in [4.69, 9.17) is 21.1 Å². The minimum absolute atomic E-state index is 0.0388. The molecule has 0 spiro atoms. The van der Waals surface area contributed by atoms with Crippen molar-refractivity contribution in [3.05, 3.63) is 56.1 Å². The summed E-state index contributed by atoms with van der Waals surface area (Å²) in [5.74, 6) is -0.252. The van der Waals surface area contributed by atoms with Crippen LogP contribution >= 0.6 is 11.6 Å². The summed E-state index contributed by atoms with van der Waals surface area (Å²) in [6, 6.07) is 4.15. The second-order valence-corrected chi connectivity index (χ2v) is 7.26. The maximum Gasteiger partial charge on any atom is 0.423 e. The lowest BCUT2D eigenvalue weighted by Gasteiger charge is -2.15. The fourth-order valence-electron chi connectivity index (χ4n) is 2.98. The summed E-state index contributed by atoms with van der Waals surface area (Å²) in [7, 11) is 0. The molecule has 0 amide bonds. The zero-order valence-corrected chi connectivity index (χ0v) is 18.0. The maximum atomic E-state index is 13.0. The van der Waals surface area contributed by atoms with Gasteiger partial charge in [0.1, 0.15) is 22.8 Å². The van der Waals surface area contributed by atoms with Crippen molar-refractivity contribution in [1.29, 1.82) is 0 Å². The number of phenols is 1. The molecular weight excluding hydrogens is 455 g/mol. The molecule has 0 heterocycles. The van der Waals surface area contributed by atoms with E-state index in [-0.39, 0.29) is 42.5 Å². The second kappa shape index (κ2) is 10.5. The predicted molar refractivity (Wildman–Crippen MR) is 111 cm³/mol. The summed E-state index contributed by atoms with van der Waals surface area (Å²) in [4.78, 5) is 21.4. The molecule has 0 bridgehead atoms. The van der Waals surface area contributed by atoms with Crippen LogP contribution < -0.4 is 9.47 Å². The molecule has 0 unspecified atom stereocenters. The van der Waals surface area contributed by atoms with E-state index < -0.39 is 27.4 Å². The van der Waals surface area contributed by atoms with Gasteiger partial charge in [0.25, 0.3) is 5.69 Å². The Bertz CT molecular complexity index is 1010. The van der Waals surface area contributed by atoms with Crippen LogP contribution in [0.15, 0.2) is 24.3 Å². The van der Waals surface area contributed by atoms with Crippen LogP contribution in [0.2, 0.25) is 5.02 Å². The number of phenolic OH excluding ortho intramolecular Hbond substituents is 1. The van der Waals surface area contributed by atoms with Gasteiger partial charge in [0, 0.05) is 12.0 Å². The van der Waals surface area contributed by atoms with E-state index >= 15 is 0 Å². The zero-order chi connectivity index (χ0) is 24.1. The second-order valence-electron chi connectivity index (χ2n) is 6.85. The van der Waals surface area contributed by atoms with Crippen LogP contribution in [0.3, 0.4) is 0 Å². The number of aromatic hydroxyl groups is 1. The number of carbonyl (C=O) groups excluding carboxylic acids is 1. The Balaban J connectivity index is 2.04. The predicted octanol–water partition coefficient (Wildman–Crippen LogP) is 5.98. The summed E-state index contributed by atoms with van der Waals surface area (Å²) < 4.78 is 49.9. The average molecular weight is 476 g/mol. The lowest BCUT2D eigenvalue weighted by atomic mass is 10.0. The van der Waals surface area contributed by atoms with Gasteiger partial charge in [-0.25, -0.2) is 0 Å². The van der Waals surface area contributed by atoms with Gasteiger partial charge in [-0.15, -0.1) is 0 Å². The molecule has 0 aliphatic heterocycles. The van der Waals surface area contributed by atoms with Crippen LogP contribution in [0.25, 0.3) is 0 Å². The molecule has 11 heteroatoms. The number of ketones is 1. The molecule has 174 valence electrons. The van der Waals surface area contributed by atoms with Gasteiger partial charge < -0.3 is 14.6 Å². The first-order valence-electron chi connectivity index (χ1n) is 9.63. The largest absolute Gasteiger partial charge is 0.507 e. The molecule has 0 aromatic heterocycles. The van der Waals surface area contributed by atoms with Crippen LogP contribution in [0.4, 0.5) is 18.9 Å². The Morgan fingerprint density at radius 3 is 2.34 bits per heavy atom. The van der Waals surface area contributed by atoms with Crippen molar-refractivity contribution in [3.63, 3.8) is 0 Å². The maximum absolute atomic E-state index is 13.0. The third-order valence-electron chi connectivity index (χ3n) is 4.48. The average Bonchev–Trinajstić information content (AvgIpc) is 2.69. The Morgan fingerprint density at radius 2 is 1.81 bits per heavy atom. The molecule has 32 heavy (non-hydrogen) atoms. The van der Waals surface area contributed by atoms with Crippen molar-refractivity contribution in [2.75, 3.05) is 13.2 Å². The molecule has 2 aromatic rings. The molecule has 0 radical (unpaired) electrons. The van der Waals surface area contributed by atoms with Gasteiger partial charge in [0.15, 0.2) is 5.78 Å². The molecule has 0 saturated heterocycles. The summed E-state index contributed by atoms with van der Waals surface area (Å²) in [5, 5.41) is 20.9. The Kier molecular flexibility index (Phi) is 8.31. The number of Topliss-reactive ketones (excluding diaryl/α,β-unsaturated/α-hetero) is 1. The smallest absolute Gasteiger partial charge is 0.423 e. The number of halogens is 4. The monoisotopic (exact) mass is 475 g/mol. The highest BCUT2D eigenvalue weighted by atomic mass is 35.5. The number of hydrogen-bond donors (Lipinski definition) is 1. The quantitative estimate of drug-likeness (QED) is 0.196. The van der Waals surface area contributed by atoms with Crippen LogP contribution in [0.1, 0.15) is 48.2 Å². The van der Waals surface area contributed by atoms with Crippen molar-refractivity contribution in [1.82, 2.24) is 0 Å². The molecule has 2 aromatic carbocycles. The number of nitro benzene ring substituents is 1. The van der Waals surface area contributed by atoms with Crippen LogP contribution in [0.5, 0.6) is 17.2 Å². The Hall–Kier alpha value is -3.01. The first kappa shape index (κ1) is 25.3. The highest BCUT2D eigenvalue weighted by Gasteiger charge is 2.39. The van der Waals surface area contributed by atoms with Crippen molar-refractivity contribution >= 4 is 23.1 Å². The molecule has 0 atom stereocenters. The lowest BCUT2D eigenvalue weighted by molar-refractivity contribution is -0.388. The number of rotatable bonds is 10. The zero-order valence-electron chi connectivity index (χ0n) is 17.3. The van der Waals surface area contributed by atoms with Gasteiger partial charge >= 0.3 is 6.18 Å². The molecule has 0 aliphatic rings. The normalized spacial score (nSPS) is 11.3. The van der Waals surface area contributed by atoms with E-state index in [0.29, 0.717) is 36.3 Å². The number of benzene rings is 2. The van der Waals surface area contributed by atoms with Gasteiger partial charge in [-0.1, -0.05) is 24.9 Å². The summed E-state index contributed by atoms with van der Waals surface area (Å²) in [6.45, 7) is 3.34. The lowest BCUT2D eigenvalue weighted by Crippen LogP contribution is -2.10. The number of ether oxygens (including phenoxy) is 2. The van der Waals surface area contributed by atoms with Crippen LogP contribution in [0, 0.1) is 10.1 Å². The van der Waals surface area contributed by atoms with Crippen molar-refractivity contribution in [3.8, 4) is 17.2 Å². The highest BCUT2D eigenvalue weighted by Crippen LogP contribution is 2.41. The third-order valence-corrected chi connectivity index (χ3v) is 4.77. The van der Waals surface area contributed by atoms with Gasteiger partial charge in [0.05, 0.1) is 34.8 Å². The van der Waals surface area contributed by atoms with E-state index in [2.05, 4.69) is 0 Å². The van der Waals surface area contributed by atoms with Gasteiger partial charge in [0.2, 0.25) is 0 Å². The minimum Gasteiger partial charge on any atom is -0.507 e. The van der Waals surface area contributed by atoms with Crippen molar-refractivity contribution in [2.24, 2.45) is 0 Å². The first-order chi connectivity index (χ1) is 15.0. The summed E-state index contributed by atoms with van der Waals surface area (Å²) >= 11 is 5.80. The van der Waals surface area contributed by atoms with Gasteiger partial charge in [-0.05, 0) is 31.5 Å². The number of nitro groups is 1. The molecule has 0 saturated carbocycles. The minimum atomic E-state index is -4.93. The van der Waals surface area contributed by atoms with Crippen molar-refractivity contribution in [2.45, 2.75) is 39.3 Å². The van der Waals surface area contributed by atoms with E-state index in [1.165, 1.54) is 13.0 Å². The highest BCUT2D eigenvalue weighted by molar-refractivity contribution is 6.32. The van der Waals surface area contributed by atoms with E-state index in [9.17, 15) is 33.2 Å². The molecule has 0 aliphatic carbocycles. The summed E-state index contributed by atoms with van der Waals surface area (Å²) in [5.41, 5.74) is -1.91. The van der Waals surface area contributed by atoms with Crippen LogP contribution in [-0.4, -0.2) is 29.0 Å². The fraction of sp³-hybridized carbons (Fsp3) is 0.381. The summed E-state index contributed by atoms with van der Waals surface area (Å²) in [6.07, 6.45) is -3.47. The van der Waals surface area contributed by atoms with Gasteiger partial charge in [-0.2, -0.15) is 13.2 Å². The molecule has 2 rings (SSSR count). The molecule has 0 fully saturated rings. The topological polar surface area (TPSA) is 98.9 Å². The first-order valence-corrected chi connectivity index (χ1v) is 10.0. The molecule has 1 N–H and O–H groups in total. The Labute approximate surface area is 186 Å². The van der Waals surface area contributed by atoms with E-state index in [0.717, 1.165) is 0 Å². The number of nitrogens with zero attached hydrogens (tertiary/aromatic N) is 1. The Morgan fingerprint density at radius 1 is 1.19 bits per heavy atom.